The van der Waals surface area contributed by atoms with Crippen molar-refractivity contribution < 1.29 is 38.7 Å². The number of phenolic OH excluding ortho intramolecular Hbond substituents is 1. The van der Waals surface area contributed by atoms with Gasteiger partial charge >= 0.3 is 6.16 Å². The highest BCUT2D eigenvalue weighted by Gasteiger charge is 2.30. The molecule has 196 valence electrons. The van der Waals surface area contributed by atoms with Crippen LogP contribution in [0.3, 0.4) is 0 Å². The van der Waals surface area contributed by atoms with Crippen molar-refractivity contribution in [2.24, 2.45) is 0 Å². The minimum Gasteiger partial charge on any atom is -0.507 e. The molecule has 2 N–H and O–H groups in total. The quantitative estimate of drug-likeness (QED) is 0.256. The average Bonchev–Trinajstić information content (AvgIpc) is 3.49. The Hall–Kier alpha value is -4.71. The number of methoxy groups -OCH3 is 4. The van der Waals surface area contributed by atoms with E-state index in [0.717, 1.165) is 28.3 Å². The number of ether oxygens (including phenoxy) is 5. The van der Waals surface area contributed by atoms with Crippen molar-refractivity contribution >= 4 is 39.8 Å². The number of hydrogen-bond donors (Lipinski definition) is 2. The van der Waals surface area contributed by atoms with Gasteiger partial charge in [0.15, 0.2) is 11.5 Å². The average molecular weight is 538 g/mol. The smallest absolute Gasteiger partial charge is 0.507 e. The molecule has 0 unspecified atom stereocenters. The first-order valence-corrected chi connectivity index (χ1v) is 12.0. The zero-order chi connectivity index (χ0) is 27.0. The number of aromatic hydroxyl groups is 1. The van der Waals surface area contributed by atoms with E-state index in [9.17, 15) is 15.0 Å². The van der Waals surface area contributed by atoms with Gasteiger partial charge in [0, 0.05) is 17.7 Å². The summed E-state index contributed by atoms with van der Waals surface area (Å²) in [7, 11) is 5.91. The SMILES string of the molecule is COc1ccc(-c2c(OC(=O)O)n(Cc3ccc4nsnc4c3)c3cc(OC)c(OC)c(OC)c23)c(O)c1. The molecule has 0 radical (unpaired) electrons. The first kappa shape index (κ1) is 25.0. The van der Waals surface area contributed by atoms with Crippen LogP contribution in [0.2, 0.25) is 0 Å². The van der Waals surface area contributed by atoms with Crippen molar-refractivity contribution in [2.75, 3.05) is 28.4 Å². The maximum Gasteiger partial charge on any atom is 0.512 e. The standard InChI is InChI=1S/C26H23N3O8S/c1-33-14-6-7-15(19(30)10-14)21-22-18(11-20(34-2)23(35-3)24(22)36-4)29(25(21)37-26(31)32)12-13-5-8-16-17(9-13)28-38-27-16/h5-11,30H,12H2,1-4H3,(H,31,32). The van der Waals surface area contributed by atoms with Crippen LogP contribution in [-0.4, -0.2) is 58.1 Å². The molecule has 12 heteroatoms. The second-order valence-corrected chi connectivity index (χ2v) is 8.67. The Balaban J connectivity index is 1.89. The molecule has 0 aliphatic heterocycles. The maximum absolute atomic E-state index is 11.9. The van der Waals surface area contributed by atoms with Gasteiger partial charge in [0.1, 0.15) is 22.5 Å². The van der Waals surface area contributed by atoms with Gasteiger partial charge in [0.05, 0.1) is 63.2 Å². The number of carboxylic acid groups (broad SMARTS) is 1. The van der Waals surface area contributed by atoms with E-state index in [1.54, 1.807) is 22.8 Å². The molecule has 0 saturated carbocycles. The van der Waals surface area contributed by atoms with Crippen LogP contribution in [0.1, 0.15) is 5.56 Å². The van der Waals surface area contributed by atoms with Crippen LogP contribution in [0.5, 0.6) is 34.6 Å². The highest BCUT2D eigenvalue weighted by molar-refractivity contribution is 7.00. The molecule has 5 rings (SSSR count). The van der Waals surface area contributed by atoms with Crippen molar-refractivity contribution in [1.29, 1.82) is 0 Å². The molecule has 11 nitrogen and oxygen atoms in total. The topological polar surface area (TPSA) is 134 Å². The summed E-state index contributed by atoms with van der Waals surface area (Å²) in [6, 6.07) is 12.0. The lowest BCUT2D eigenvalue weighted by Gasteiger charge is -2.15. The van der Waals surface area contributed by atoms with Gasteiger partial charge in [0.2, 0.25) is 11.6 Å². The molecule has 38 heavy (non-hydrogen) atoms. The van der Waals surface area contributed by atoms with E-state index in [1.165, 1.54) is 34.5 Å². The summed E-state index contributed by atoms with van der Waals surface area (Å²) < 4.78 is 37.8. The number of hydrogen-bond acceptors (Lipinski definition) is 10. The first-order chi connectivity index (χ1) is 18.4. The Labute approximate surface area is 220 Å². The number of benzene rings is 3. The molecular weight excluding hydrogens is 514 g/mol. The summed E-state index contributed by atoms with van der Waals surface area (Å²) in [6.07, 6.45) is -1.53. The Bertz CT molecular complexity index is 1680. The highest BCUT2D eigenvalue weighted by atomic mass is 32.1. The monoisotopic (exact) mass is 537 g/mol. The van der Waals surface area contributed by atoms with E-state index in [2.05, 4.69) is 8.75 Å². The predicted molar refractivity (Wildman–Crippen MR) is 140 cm³/mol. The third-order valence-electron chi connectivity index (χ3n) is 6.13. The minimum absolute atomic E-state index is 0.0296. The maximum atomic E-state index is 11.9. The van der Waals surface area contributed by atoms with Gasteiger partial charge < -0.3 is 38.5 Å². The zero-order valence-electron chi connectivity index (χ0n) is 20.8. The minimum atomic E-state index is -1.53. The molecular formula is C26H23N3O8S. The van der Waals surface area contributed by atoms with Crippen LogP contribution in [0.15, 0.2) is 42.5 Å². The fourth-order valence-corrected chi connectivity index (χ4v) is 5.02. The molecule has 0 spiro atoms. The van der Waals surface area contributed by atoms with Crippen molar-refractivity contribution in [3.05, 3.63) is 48.0 Å². The Kier molecular flexibility index (Phi) is 6.55. The number of rotatable bonds is 8. The Morgan fingerprint density at radius 2 is 1.68 bits per heavy atom. The summed E-state index contributed by atoms with van der Waals surface area (Å²) >= 11 is 1.11. The van der Waals surface area contributed by atoms with Crippen molar-refractivity contribution in [2.45, 2.75) is 6.54 Å². The van der Waals surface area contributed by atoms with Gasteiger partial charge in [-0.3, -0.25) is 0 Å². The molecule has 0 amide bonds. The normalized spacial score (nSPS) is 11.1. The van der Waals surface area contributed by atoms with Gasteiger partial charge in [-0.2, -0.15) is 8.75 Å². The molecule has 2 aromatic heterocycles. The van der Waals surface area contributed by atoms with Gasteiger partial charge in [-0.1, -0.05) is 6.07 Å². The van der Waals surface area contributed by atoms with E-state index in [4.69, 9.17) is 23.7 Å². The van der Waals surface area contributed by atoms with Crippen LogP contribution in [0, 0.1) is 0 Å². The molecule has 0 saturated heterocycles. The van der Waals surface area contributed by atoms with Gasteiger partial charge in [-0.25, -0.2) is 4.79 Å². The third-order valence-corrected chi connectivity index (χ3v) is 6.68. The highest BCUT2D eigenvalue weighted by Crippen LogP contribution is 2.53. The lowest BCUT2D eigenvalue weighted by atomic mass is 10.0. The first-order valence-electron chi connectivity index (χ1n) is 11.2. The largest absolute Gasteiger partial charge is 0.512 e. The number of phenols is 1. The van der Waals surface area contributed by atoms with Crippen molar-refractivity contribution in [1.82, 2.24) is 13.3 Å². The second-order valence-electron chi connectivity index (χ2n) is 8.14. The molecule has 0 bridgehead atoms. The number of aromatic nitrogens is 3. The van der Waals surface area contributed by atoms with Crippen LogP contribution in [-0.2, 0) is 6.54 Å². The molecule has 0 aliphatic rings. The van der Waals surface area contributed by atoms with Crippen molar-refractivity contribution in [3.8, 4) is 45.8 Å². The van der Waals surface area contributed by atoms with E-state index in [1.807, 2.05) is 18.2 Å². The van der Waals surface area contributed by atoms with Crippen LogP contribution < -0.4 is 23.7 Å². The summed E-state index contributed by atoms with van der Waals surface area (Å²) in [5.41, 5.74) is 3.41. The molecule has 3 aromatic carbocycles. The van der Waals surface area contributed by atoms with E-state index < -0.39 is 6.16 Å². The number of nitrogens with zero attached hydrogens (tertiary/aromatic N) is 3. The Morgan fingerprint density at radius 3 is 2.34 bits per heavy atom. The zero-order valence-corrected chi connectivity index (χ0v) is 21.7. The summed E-state index contributed by atoms with van der Waals surface area (Å²) in [4.78, 5) is 11.9. The molecule has 0 atom stereocenters. The van der Waals surface area contributed by atoms with Crippen LogP contribution >= 0.6 is 11.7 Å². The number of carbonyl (C=O) groups is 1. The molecule has 0 aliphatic carbocycles. The predicted octanol–water partition coefficient (Wildman–Crippen LogP) is 5.16. The van der Waals surface area contributed by atoms with Gasteiger partial charge in [-0.05, 0) is 29.8 Å². The van der Waals surface area contributed by atoms with Gasteiger partial charge in [0.25, 0.3) is 0 Å². The summed E-state index contributed by atoms with van der Waals surface area (Å²) in [5.74, 6) is 1.18. The molecule has 5 aromatic rings. The lowest BCUT2D eigenvalue weighted by Crippen LogP contribution is -2.10. The lowest BCUT2D eigenvalue weighted by molar-refractivity contribution is 0.141. The molecule has 0 fully saturated rings. The summed E-state index contributed by atoms with van der Waals surface area (Å²) in [5, 5.41) is 21.2. The van der Waals surface area contributed by atoms with Gasteiger partial charge in [-0.15, -0.1) is 0 Å². The second kappa shape index (κ2) is 9.98. The van der Waals surface area contributed by atoms with Crippen LogP contribution in [0.25, 0.3) is 33.1 Å². The fourth-order valence-electron chi connectivity index (χ4n) is 4.50. The van der Waals surface area contributed by atoms with E-state index in [-0.39, 0.29) is 29.5 Å². The van der Waals surface area contributed by atoms with E-state index in [0.29, 0.717) is 33.7 Å². The van der Waals surface area contributed by atoms with E-state index >= 15 is 0 Å². The fraction of sp³-hybridized carbons (Fsp3) is 0.192. The van der Waals surface area contributed by atoms with Crippen molar-refractivity contribution in [3.63, 3.8) is 0 Å². The third kappa shape index (κ3) is 4.14. The van der Waals surface area contributed by atoms with Crippen LogP contribution in [0.4, 0.5) is 4.79 Å². The number of fused-ring (bicyclic) bond motifs is 2. The summed E-state index contributed by atoms with van der Waals surface area (Å²) in [6.45, 7) is 0.197. The Morgan fingerprint density at radius 1 is 0.921 bits per heavy atom. The molecule has 2 heterocycles.